The minimum absolute atomic E-state index is 0.892. The Kier molecular flexibility index (Phi) is 5.73. The van der Waals surface area contributed by atoms with Gasteiger partial charge in [0.2, 0.25) is 0 Å². The van der Waals surface area contributed by atoms with E-state index in [2.05, 4.69) is 69.3 Å². The molecule has 1 aromatic carbocycles. The van der Waals surface area contributed by atoms with Crippen molar-refractivity contribution in [3.05, 3.63) is 95.6 Å². The van der Waals surface area contributed by atoms with Gasteiger partial charge in [0.25, 0.3) is 0 Å². The predicted molar refractivity (Wildman–Crippen MR) is 133 cm³/mol. The fraction of sp³-hybridized carbons (Fsp3) is 0.259. The zero-order valence-electron chi connectivity index (χ0n) is 18.3. The largest absolute Gasteiger partial charge is 0.383 e. The van der Waals surface area contributed by atoms with E-state index in [-0.39, 0.29) is 0 Å². The van der Waals surface area contributed by atoms with Crippen LogP contribution in [0.25, 0.3) is 5.57 Å². The van der Waals surface area contributed by atoms with E-state index >= 15 is 0 Å². The van der Waals surface area contributed by atoms with Crippen LogP contribution in [-0.2, 0) is 0 Å². The molecule has 2 aromatic rings. The van der Waals surface area contributed by atoms with Crippen molar-refractivity contribution in [3.63, 3.8) is 0 Å². The summed E-state index contributed by atoms with van der Waals surface area (Å²) in [5.74, 6) is 0. The van der Waals surface area contributed by atoms with Crippen molar-refractivity contribution < 1.29 is 0 Å². The summed E-state index contributed by atoms with van der Waals surface area (Å²) >= 11 is 0. The Bertz CT molecular complexity index is 1120. The number of rotatable bonds is 7. The van der Waals surface area contributed by atoms with Crippen LogP contribution in [-0.4, -0.2) is 42.3 Å². The number of hydrogen-bond acceptors (Lipinski definition) is 5. The summed E-state index contributed by atoms with van der Waals surface area (Å²) in [7, 11) is 0. The molecule has 2 N–H and O–H groups in total. The lowest BCUT2D eigenvalue weighted by atomic mass is 10.0. The second kappa shape index (κ2) is 8.97. The topological polar surface area (TPSA) is 55.2 Å². The molecule has 5 nitrogen and oxygen atoms in total. The van der Waals surface area contributed by atoms with Gasteiger partial charge in [-0.1, -0.05) is 12.6 Å². The third-order valence-corrected chi connectivity index (χ3v) is 6.52. The van der Waals surface area contributed by atoms with Gasteiger partial charge in [0.05, 0.1) is 0 Å². The summed E-state index contributed by atoms with van der Waals surface area (Å²) in [4.78, 5) is 8.87. The van der Waals surface area contributed by atoms with Crippen molar-refractivity contribution in [2.45, 2.75) is 19.3 Å². The summed E-state index contributed by atoms with van der Waals surface area (Å²) in [6.45, 7) is 8.75. The number of aromatic nitrogens is 1. The maximum absolute atomic E-state index is 7.93. The molecule has 162 valence electrons. The van der Waals surface area contributed by atoms with Crippen molar-refractivity contribution in [2.24, 2.45) is 0 Å². The predicted octanol–water partition coefficient (Wildman–Crippen LogP) is 5.22. The molecule has 1 saturated heterocycles. The number of allylic oxidation sites excluding steroid dienone is 4. The highest BCUT2D eigenvalue weighted by Crippen LogP contribution is 2.40. The minimum atomic E-state index is 0.892. The maximum Gasteiger partial charge on any atom is 0.0463 e. The molecule has 0 radical (unpaired) electrons. The van der Waals surface area contributed by atoms with Gasteiger partial charge in [0.15, 0.2) is 0 Å². The molecule has 0 saturated carbocycles. The van der Waals surface area contributed by atoms with Crippen LogP contribution < -0.4 is 10.2 Å². The Labute approximate surface area is 190 Å². The molecular weight excluding hydrogens is 394 g/mol. The Morgan fingerprint density at radius 2 is 2.06 bits per heavy atom. The lowest BCUT2D eigenvalue weighted by Gasteiger charge is -2.28. The van der Waals surface area contributed by atoms with Crippen molar-refractivity contribution in [1.29, 1.82) is 5.41 Å². The minimum Gasteiger partial charge on any atom is -0.383 e. The van der Waals surface area contributed by atoms with Crippen LogP contribution in [0.3, 0.4) is 0 Å². The Balaban J connectivity index is 1.31. The number of likely N-dealkylation sites (tertiary alicyclic amines) is 1. The average Bonchev–Trinajstić information content (AvgIpc) is 3.51. The van der Waals surface area contributed by atoms with Crippen LogP contribution in [0, 0.1) is 5.41 Å². The molecule has 1 fully saturated rings. The van der Waals surface area contributed by atoms with E-state index in [0.717, 1.165) is 47.7 Å². The van der Waals surface area contributed by atoms with Gasteiger partial charge in [-0.2, -0.15) is 0 Å². The first-order valence-corrected chi connectivity index (χ1v) is 11.3. The number of nitrogens with one attached hydrogen (secondary N) is 2. The summed E-state index contributed by atoms with van der Waals surface area (Å²) < 4.78 is 0. The van der Waals surface area contributed by atoms with Crippen LogP contribution in [0.4, 0.5) is 11.4 Å². The number of benzene rings is 1. The lowest BCUT2D eigenvalue weighted by Crippen LogP contribution is -2.26. The highest BCUT2D eigenvalue weighted by atomic mass is 15.2. The zero-order chi connectivity index (χ0) is 21.9. The molecule has 5 heteroatoms. The summed E-state index contributed by atoms with van der Waals surface area (Å²) in [5.41, 5.74) is 8.78. The van der Waals surface area contributed by atoms with Crippen molar-refractivity contribution in [1.82, 2.24) is 9.88 Å². The molecule has 0 atom stereocenters. The monoisotopic (exact) mass is 423 g/mol. The third kappa shape index (κ3) is 4.04. The van der Waals surface area contributed by atoms with E-state index in [1.54, 1.807) is 6.20 Å². The Morgan fingerprint density at radius 3 is 2.84 bits per heavy atom. The van der Waals surface area contributed by atoms with Gasteiger partial charge in [0.1, 0.15) is 0 Å². The summed E-state index contributed by atoms with van der Waals surface area (Å²) in [6, 6.07) is 10.3. The number of nitrogens with zero attached hydrogens (tertiary/aromatic N) is 3. The van der Waals surface area contributed by atoms with E-state index in [0.29, 0.717) is 0 Å². The van der Waals surface area contributed by atoms with Crippen LogP contribution in [0.2, 0.25) is 0 Å². The van der Waals surface area contributed by atoms with Gasteiger partial charge >= 0.3 is 0 Å². The smallest absolute Gasteiger partial charge is 0.0463 e. The van der Waals surface area contributed by atoms with Crippen molar-refractivity contribution in [3.8, 4) is 0 Å². The summed E-state index contributed by atoms with van der Waals surface area (Å²) in [5, 5.41) is 11.4. The van der Waals surface area contributed by atoms with Crippen LogP contribution >= 0.6 is 0 Å². The molecule has 1 aliphatic carbocycles. The molecule has 0 unspecified atom stereocenters. The number of pyridine rings is 1. The Hall–Kier alpha value is -3.44. The van der Waals surface area contributed by atoms with Crippen molar-refractivity contribution in [2.75, 3.05) is 36.4 Å². The zero-order valence-corrected chi connectivity index (χ0v) is 18.3. The van der Waals surface area contributed by atoms with Gasteiger partial charge in [0, 0.05) is 66.1 Å². The third-order valence-electron chi connectivity index (χ3n) is 6.52. The van der Waals surface area contributed by atoms with Gasteiger partial charge in [-0.15, -0.1) is 0 Å². The van der Waals surface area contributed by atoms with E-state index in [4.69, 9.17) is 5.41 Å². The lowest BCUT2D eigenvalue weighted by molar-refractivity contribution is 0.352. The van der Waals surface area contributed by atoms with E-state index < -0.39 is 0 Å². The van der Waals surface area contributed by atoms with Crippen LogP contribution in [0.5, 0.6) is 0 Å². The second-order valence-corrected chi connectivity index (χ2v) is 8.55. The van der Waals surface area contributed by atoms with Gasteiger partial charge in [-0.3, -0.25) is 4.98 Å². The first kappa shape index (κ1) is 20.5. The SMILES string of the molecule is C=C1C2=C(C=CN1c1ccc(NCCN3CCCC3)c(C=N)c1)CC(c1cccnc1)=C2. The molecular formula is C27H29N5. The highest BCUT2D eigenvalue weighted by Gasteiger charge is 2.24. The van der Waals surface area contributed by atoms with E-state index in [1.165, 1.54) is 48.9 Å². The van der Waals surface area contributed by atoms with Crippen molar-refractivity contribution >= 4 is 23.2 Å². The van der Waals surface area contributed by atoms with Gasteiger partial charge < -0.3 is 20.5 Å². The van der Waals surface area contributed by atoms with Crippen LogP contribution in [0.15, 0.2) is 84.5 Å². The first-order valence-electron chi connectivity index (χ1n) is 11.3. The normalized spacial score (nSPS) is 18.2. The summed E-state index contributed by atoms with van der Waals surface area (Å²) in [6.07, 6.45) is 15.2. The molecule has 3 heterocycles. The fourth-order valence-corrected chi connectivity index (χ4v) is 4.74. The molecule has 5 rings (SSSR count). The molecule has 32 heavy (non-hydrogen) atoms. The molecule has 0 amide bonds. The van der Waals surface area contributed by atoms with E-state index in [9.17, 15) is 0 Å². The standard InChI is InChI=1S/C27H29N5/c1-20-26-17-23(22-5-4-9-29-19-22)15-21(26)8-13-32(20)25-6-7-27(24(16-25)18-28)30-10-14-31-11-2-3-12-31/h4-9,13,16-19,28,30H,1-3,10-12,14-15H2. The highest BCUT2D eigenvalue weighted by molar-refractivity contribution is 5.89. The fourth-order valence-electron chi connectivity index (χ4n) is 4.74. The second-order valence-electron chi connectivity index (χ2n) is 8.55. The number of hydrogen-bond donors (Lipinski definition) is 2. The average molecular weight is 424 g/mol. The molecule has 3 aliphatic rings. The number of anilines is 2. The maximum atomic E-state index is 7.93. The molecule has 1 aromatic heterocycles. The molecule has 2 aliphatic heterocycles. The van der Waals surface area contributed by atoms with Gasteiger partial charge in [-0.25, -0.2) is 0 Å². The van der Waals surface area contributed by atoms with E-state index in [1.807, 2.05) is 12.3 Å². The molecule has 0 bridgehead atoms. The quantitative estimate of drug-likeness (QED) is 0.600. The van der Waals surface area contributed by atoms with Gasteiger partial charge in [-0.05, 0) is 85.5 Å². The van der Waals surface area contributed by atoms with Crippen LogP contribution in [0.1, 0.15) is 30.4 Å². The first-order chi connectivity index (χ1) is 15.7. The Morgan fingerprint density at radius 1 is 1.19 bits per heavy atom. The molecule has 0 spiro atoms.